The van der Waals surface area contributed by atoms with E-state index in [1.807, 2.05) is 0 Å². The fraction of sp³-hybridized carbons (Fsp3) is 0.462. The van der Waals surface area contributed by atoms with Gasteiger partial charge in [0.05, 0.1) is 5.56 Å². The van der Waals surface area contributed by atoms with Gasteiger partial charge in [0, 0.05) is 0 Å². The maximum atomic E-state index is 10.9. The van der Waals surface area contributed by atoms with E-state index in [1.165, 1.54) is 0 Å². The number of carboxylic acids is 1. The van der Waals surface area contributed by atoms with Gasteiger partial charge in [-0.05, 0) is 49.9 Å². The Kier molecular flexibility index (Phi) is 2.41. The minimum atomic E-state index is -0.889. The minimum Gasteiger partial charge on any atom is -0.487 e. The third-order valence-corrected chi connectivity index (χ3v) is 3.39. The Labute approximate surface area is 95.0 Å². The fourth-order valence-electron chi connectivity index (χ4n) is 1.93. The molecule has 1 atom stereocenters. The Morgan fingerprint density at radius 3 is 2.81 bits per heavy atom. The molecule has 0 radical (unpaired) electrons. The number of carboxylic acid groups (broad SMARTS) is 1. The summed E-state index contributed by atoms with van der Waals surface area (Å²) in [7, 11) is 0. The van der Waals surface area contributed by atoms with Crippen molar-refractivity contribution < 1.29 is 14.6 Å². The summed E-state index contributed by atoms with van der Waals surface area (Å²) in [5.74, 6) is 0.303. The van der Waals surface area contributed by atoms with Crippen molar-refractivity contribution in [3.05, 3.63) is 29.3 Å². The number of fused-ring (bicyclic) bond motifs is 1. The molecule has 1 aromatic carbocycles. The molecule has 1 aliphatic heterocycles. The van der Waals surface area contributed by atoms with Gasteiger partial charge in [0.25, 0.3) is 0 Å². The topological polar surface area (TPSA) is 46.5 Å². The predicted molar refractivity (Wildman–Crippen MR) is 61.0 cm³/mol. The molecule has 0 bridgehead atoms. The van der Waals surface area contributed by atoms with E-state index in [2.05, 4.69) is 20.8 Å². The molecule has 2 rings (SSSR count). The molecular formula is C13H16O3. The van der Waals surface area contributed by atoms with Crippen LogP contribution >= 0.6 is 0 Å². The van der Waals surface area contributed by atoms with E-state index in [0.29, 0.717) is 11.5 Å². The van der Waals surface area contributed by atoms with Crippen LogP contribution in [0.25, 0.3) is 0 Å². The number of rotatable bonds is 1. The largest absolute Gasteiger partial charge is 0.487 e. The van der Waals surface area contributed by atoms with Gasteiger partial charge in [0.15, 0.2) is 0 Å². The smallest absolute Gasteiger partial charge is 0.335 e. The summed E-state index contributed by atoms with van der Waals surface area (Å²) in [5.41, 5.74) is 1.14. The van der Waals surface area contributed by atoms with Gasteiger partial charge in [0.1, 0.15) is 11.4 Å². The average molecular weight is 220 g/mol. The first kappa shape index (κ1) is 11.0. The predicted octanol–water partition coefficient (Wildman–Crippen LogP) is 2.73. The maximum Gasteiger partial charge on any atom is 0.335 e. The number of ether oxygens (including phenoxy) is 1. The highest BCUT2D eigenvalue weighted by Gasteiger charge is 2.33. The Balaban J connectivity index is 2.40. The third kappa shape index (κ3) is 1.77. The van der Waals surface area contributed by atoms with Crippen LogP contribution in [0.4, 0.5) is 0 Å². The first-order valence-electron chi connectivity index (χ1n) is 5.45. The van der Waals surface area contributed by atoms with Crippen molar-refractivity contribution in [2.45, 2.75) is 32.8 Å². The highest BCUT2D eigenvalue weighted by Crippen LogP contribution is 2.36. The summed E-state index contributed by atoms with van der Waals surface area (Å²) in [4.78, 5) is 10.9. The van der Waals surface area contributed by atoms with E-state index in [9.17, 15) is 4.79 Å². The highest BCUT2D eigenvalue weighted by atomic mass is 16.5. The lowest BCUT2D eigenvalue weighted by Gasteiger charge is -2.38. The number of hydrogen-bond acceptors (Lipinski definition) is 2. The zero-order chi connectivity index (χ0) is 11.9. The third-order valence-electron chi connectivity index (χ3n) is 3.39. The van der Waals surface area contributed by atoms with Gasteiger partial charge in [-0.15, -0.1) is 0 Å². The molecule has 1 N–H and O–H groups in total. The van der Waals surface area contributed by atoms with Crippen LogP contribution in [-0.4, -0.2) is 16.7 Å². The Morgan fingerprint density at radius 2 is 2.19 bits per heavy atom. The van der Waals surface area contributed by atoms with Crippen LogP contribution in [0.1, 0.15) is 36.7 Å². The second kappa shape index (κ2) is 3.51. The Bertz CT molecular complexity index is 435. The lowest BCUT2D eigenvalue weighted by atomic mass is 9.83. The van der Waals surface area contributed by atoms with Crippen molar-refractivity contribution in [2.24, 2.45) is 5.92 Å². The first-order chi connectivity index (χ1) is 7.40. The highest BCUT2D eigenvalue weighted by molar-refractivity contribution is 5.88. The standard InChI is InChI=1S/C13H16O3/c1-8-6-10-7-9(12(14)15)4-5-11(10)16-13(8,2)3/h4-5,7-8H,6H2,1-3H3,(H,14,15). The molecule has 0 fully saturated rings. The van der Waals surface area contributed by atoms with Gasteiger partial charge in [-0.3, -0.25) is 0 Å². The lowest BCUT2D eigenvalue weighted by Crippen LogP contribution is -2.40. The molecule has 0 spiro atoms. The number of benzene rings is 1. The van der Waals surface area contributed by atoms with Crippen LogP contribution in [0, 0.1) is 5.92 Å². The zero-order valence-electron chi connectivity index (χ0n) is 9.78. The van der Waals surface area contributed by atoms with Crippen molar-refractivity contribution in [3.8, 4) is 5.75 Å². The molecule has 0 saturated heterocycles. The van der Waals surface area contributed by atoms with Crippen molar-refractivity contribution in [1.82, 2.24) is 0 Å². The van der Waals surface area contributed by atoms with Crippen molar-refractivity contribution in [3.63, 3.8) is 0 Å². The Hall–Kier alpha value is -1.51. The monoisotopic (exact) mass is 220 g/mol. The van der Waals surface area contributed by atoms with Crippen LogP contribution in [-0.2, 0) is 6.42 Å². The van der Waals surface area contributed by atoms with Crippen LogP contribution < -0.4 is 4.74 Å². The normalized spacial score (nSPS) is 22.1. The van der Waals surface area contributed by atoms with Crippen LogP contribution in [0.15, 0.2) is 18.2 Å². The van der Waals surface area contributed by atoms with Gasteiger partial charge >= 0.3 is 5.97 Å². The lowest BCUT2D eigenvalue weighted by molar-refractivity contribution is 0.0354. The minimum absolute atomic E-state index is 0.183. The van der Waals surface area contributed by atoms with Crippen LogP contribution in [0.5, 0.6) is 5.75 Å². The number of hydrogen-bond donors (Lipinski definition) is 1. The summed E-state index contributed by atoms with van der Waals surface area (Å²) in [6.07, 6.45) is 0.865. The van der Waals surface area contributed by atoms with E-state index in [-0.39, 0.29) is 5.60 Å². The summed E-state index contributed by atoms with van der Waals surface area (Å²) in [6.45, 7) is 6.24. The second-order valence-corrected chi connectivity index (χ2v) is 4.94. The van der Waals surface area contributed by atoms with Gasteiger partial charge in [0.2, 0.25) is 0 Å². The van der Waals surface area contributed by atoms with Gasteiger partial charge in [-0.1, -0.05) is 6.92 Å². The zero-order valence-corrected chi connectivity index (χ0v) is 9.78. The Morgan fingerprint density at radius 1 is 1.50 bits per heavy atom. The summed E-state index contributed by atoms with van der Waals surface area (Å²) in [5, 5.41) is 8.91. The average Bonchev–Trinajstić information content (AvgIpc) is 2.18. The van der Waals surface area contributed by atoms with Crippen molar-refractivity contribution in [2.75, 3.05) is 0 Å². The van der Waals surface area contributed by atoms with E-state index in [1.54, 1.807) is 18.2 Å². The van der Waals surface area contributed by atoms with Crippen LogP contribution in [0.2, 0.25) is 0 Å². The summed E-state index contributed by atoms with van der Waals surface area (Å²) < 4.78 is 5.87. The quantitative estimate of drug-likeness (QED) is 0.791. The SMILES string of the molecule is CC1Cc2cc(C(=O)O)ccc2OC1(C)C. The van der Waals surface area contributed by atoms with Crippen molar-refractivity contribution in [1.29, 1.82) is 0 Å². The van der Waals surface area contributed by atoms with Gasteiger partial charge < -0.3 is 9.84 Å². The maximum absolute atomic E-state index is 10.9. The van der Waals surface area contributed by atoms with Gasteiger partial charge in [-0.2, -0.15) is 0 Å². The van der Waals surface area contributed by atoms with E-state index >= 15 is 0 Å². The van der Waals surface area contributed by atoms with Crippen LogP contribution in [0.3, 0.4) is 0 Å². The van der Waals surface area contributed by atoms with E-state index in [4.69, 9.17) is 9.84 Å². The molecule has 1 aromatic rings. The summed E-state index contributed by atoms with van der Waals surface area (Å²) >= 11 is 0. The number of aromatic carboxylic acids is 1. The van der Waals surface area contributed by atoms with E-state index < -0.39 is 5.97 Å². The molecular weight excluding hydrogens is 204 g/mol. The first-order valence-corrected chi connectivity index (χ1v) is 5.45. The van der Waals surface area contributed by atoms with E-state index in [0.717, 1.165) is 17.7 Å². The van der Waals surface area contributed by atoms with Gasteiger partial charge in [-0.25, -0.2) is 4.79 Å². The molecule has 3 heteroatoms. The molecule has 0 saturated carbocycles. The molecule has 1 unspecified atom stereocenters. The molecule has 86 valence electrons. The molecule has 0 aliphatic carbocycles. The number of carbonyl (C=O) groups is 1. The molecule has 0 aromatic heterocycles. The molecule has 1 heterocycles. The van der Waals surface area contributed by atoms with Crippen molar-refractivity contribution >= 4 is 5.97 Å². The summed E-state index contributed by atoms with van der Waals surface area (Å²) in [6, 6.07) is 5.06. The molecule has 0 amide bonds. The second-order valence-electron chi connectivity index (χ2n) is 4.94. The fourth-order valence-corrected chi connectivity index (χ4v) is 1.93. The molecule has 3 nitrogen and oxygen atoms in total. The molecule has 16 heavy (non-hydrogen) atoms. The molecule has 1 aliphatic rings.